The van der Waals surface area contributed by atoms with Crippen LogP contribution in [0.3, 0.4) is 0 Å². The van der Waals surface area contributed by atoms with E-state index in [0.717, 1.165) is 11.1 Å². The van der Waals surface area contributed by atoms with Crippen molar-refractivity contribution in [3.05, 3.63) is 66.0 Å². The SMILES string of the molecule is CC(c1ccncc1)N(C)C(=O)CC(N)c1ccccc1. The summed E-state index contributed by atoms with van der Waals surface area (Å²) in [5.41, 5.74) is 8.16. The Morgan fingerprint density at radius 3 is 2.38 bits per heavy atom. The Morgan fingerprint density at radius 1 is 1.14 bits per heavy atom. The van der Waals surface area contributed by atoms with Crippen molar-refractivity contribution >= 4 is 5.91 Å². The van der Waals surface area contributed by atoms with Gasteiger partial charge in [0, 0.05) is 31.9 Å². The molecule has 2 aromatic rings. The molecule has 0 aliphatic heterocycles. The van der Waals surface area contributed by atoms with Crippen molar-refractivity contribution in [3.8, 4) is 0 Å². The summed E-state index contributed by atoms with van der Waals surface area (Å²) in [4.78, 5) is 18.1. The van der Waals surface area contributed by atoms with Crippen molar-refractivity contribution in [1.29, 1.82) is 0 Å². The highest BCUT2D eigenvalue weighted by molar-refractivity contribution is 5.77. The van der Waals surface area contributed by atoms with E-state index in [1.807, 2.05) is 56.4 Å². The summed E-state index contributed by atoms with van der Waals surface area (Å²) in [6.07, 6.45) is 3.77. The van der Waals surface area contributed by atoms with Gasteiger partial charge in [-0.05, 0) is 30.2 Å². The fraction of sp³-hybridized carbons (Fsp3) is 0.294. The van der Waals surface area contributed by atoms with E-state index in [2.05, 4.69) is 4.98 Å². The van der Waals surface area contributed by atoms with Gasteiger partial charge in [-0.2, -0.15) is 0 Å². The number of rotatable bonds is 5. The predicted octanol–water partition coefficient (Wildman–Crippen LogP) is 2.69. The second-order valence-corrected chi connectivity index (χ2v) is 5.18. The normalized spacial score (nSPS) is 13.5. The summed E-state index contributed by atoms with van der Waals surface area (Å²) < 4.78 is 0. The first-order valence-corrected chi connectivity index (χ1v) is 7.05. The lowest BCUT2D eigenvalue weighted by molar-refractivity contribution is -0.132. The fourth-order valence-corrected chi connectivity index (χ4v) is 2.23. The second kappa shape index (κ2) is 6.99. The third-order valence-electron chi connectivity index (χ3n) is 3.79. The van der Waals surface area contributed by atoms with Crippen molar-refractivity contribution in [2.24, 2.45) is 5.73 Å². The Morgan fingerprint density at radius 2 is 1.76 bits per heavy atom. The van der Waals surface area contributed by atoms with Crippen molar-refractivity contribution < 1.29 is 4.79 Å². The van der Waals surface area contributed by atoms with Gasteiger partial charge in [0.15, 0.2) is 0 Å². The van der Waals surface area contributed by atoms with E-state index in [0.29, 0.717) is 6.42 Å². The van der Waals surface area contributed by atoms with Crippen molar-refractivity contribution in [1.82, 2.24) is 9.88 Å². The van der Waals surface area contributed by atoms with Gasteiger partial charge in [-0.3, -0.25) is 9.78 Å². The Hall–Kier alpha value is -2.20. The van der Waals surface area contributed by atoms with E-state index in [4.69, 9.17) is 5.73 Å². The minimum absolute atomic E-state index is 0.00322. The van der Waals surface area contributed by atoms with Gasteiger partial charge in [-0.1, -0.05) is 30.3 Å². The number of amides is 1. The standard InChI is InChI=1S/C17H21N3O/c1-13(14-8-10-19-11-9-14)20(2)17(21)12-16(18)15-6-4-3-5-7-15/h3-11,13,16H,12,18H2,1-2H3. The second-order valence-electron chi connectivity index (χ2n) is 5.18. The van der Waals surface area contributed by atoms with E-state index in [1.165, 1.54) is 0 Å². The summed E-state index contributed by atoms with van der Waals surface area (Å²) in [5, 5.41) is 0. The van der Waals surface area contributed by atoms with Crippen LogP contribution in [0.4, 0.5) is 0 Å². The van der Waals surface area contributed by atoms with Crippen LogP contribution in [-0.2, 0) is 4.79 Å². The first kappa shape index (κ1) is 15.2. The van der Waals surface area contributed by atoms with Gasteiger partial charge < -0.3 is 10.6 Å². The zero-order valence-corrected chi connectivity index (χ0v) is 12.4. The number of carbonyl (C=O) groups is 1. The highest BCUT2D eigenvalue weighted by Gasteiger charge is 2.20. The van der Waals surface area contributed by atoms with Gasteiger partial charge in [0.05, 0.1) is 6.04 Å². The van der Waals surface area contributed by atoms with E-state index in [-0.39, 0.29) is 18.0 Å². The average molecular weight is 283 g/mol. The number of nitrogens with two attached hydrogens (primary N) is 1. The number of benzene rings is 1. The maximum absolute atomic E-state index is 12.4. The fourth-order valence-electron chi connectivity index (χ4n) is 2.23. The molecule has 4 heteroatoms. The smallest absolute Gasteiger partial charge is 0.224 e. The van der Waals surface area contributed by atoms with Crippen molar-refractivity contribution in [2.75, 3.05) is 7.05 Å². The first-order valence-electron chi connectivity index (χ1n) is 7.05. The Bertz CT molecular complexity index is 571. The molecule has 0 bridgehead atoms. The van der Waals surface area contributed by atoms with E-state index in [9.17, 15) is 4.79 Å². The van der Waals surface area contributed by atoms with E-state index in [1.54, 1.807) is 17.3 Å². The highest BCUT2D eigenvalue weighted by atomic mass is 16.2. The van der Waals surface area contributed by atoms with Crippen LogP contribution in [0.5, 0.6) is 0 Å². The quantitative estimate of drug-likeness (QED) is 0.917. The molecule has 2 N–H and O–H groups in total. The van der Waals surface area contributed by atoms with Gasteiger partial charge in [0.25, 0.3) is 0 Å². The molecule has 0 aliphatic carbocycles. The third kappa shape index (κ3) is 3.89. The van der Waals surface area contributed by atoms with Crippen LogP contribution in [0.1, 0.15) is 36.6 Å². The molecule has 2 unspecified atom stereocenters. The van der Waals surface area contributed by atoms with Crippen molar-refractivity contribution in [2.45, 2.75) is 25.4 Å². The molecule has 2 rings (SSSR count). The lowest BCUT2D eigenvalue weighted by atomic mass is 10.0. The Balaban J connectivity index is 2.00. The monoisotopic (exact) mass is 283 g/mol. The van der Waals surface area contributed by atoms with Crippen LogP contribution in [0.15, 0.2) is 54.9 Å². The summed E-state index contributed by atoms with van der Waals surface area (Å²) in [7, 11) is 1.81. The van der Waals surface area contributed by atoms with Crippen LogP contribution in [0.25, 0.3) is 0 Å². The van der Waals surface area contributed by atoms with Crippen LogP contribution in [0.2, 0.25) is 0 Å². The maximum atomic E-state index is 12.4. The molecule has 1 aromatic carbocycles. The molecule has 0 aliphatic rings. The number of hydrogen-bond donors (Lipinski definition) is 1. The number of hydrogen-bond acceptors (Lipinski definition) is 3. The van der Waals surface area contributed by atoms with Gasteiger partial charge in [0.1, 0.15) is 0 Å². The molecule has 0 saturated heterocycles. The van der Waals surface area contributed by atoms with Crippen LogP contribution in [-0.4, -0.2) is 22.8 Å². The third-order valence-corrected chi connectivity index (χ3v) is 3.79. The molecule has 1 heterocycles. The van der Waals surface area contributed by atoms with Crippen molar-refractivity contribution in [3.63, 3.8) is 0 Å². The van der Waals surface area contributed by atoms with Crippen LogP contribution >= 0.6 is 0 Å². The molecule has 4 nitrogen and oxygen atoms in total. The number of carbonyl (C=O) groups excluding carboxylic acids is 1. The van der Waals surface area contributed by atoms with Gasteiger partial charge in [-0.15, -0.1) is 0 Å². The molecule has 2 atom stereocenters. The zero-order chi connectivity index (χ0) is 15.2. The summed E-state index contributed by atoms with van der Waals surface area (Å²) >= 11 is 0. The lowest BCUT2D eigenvalue weighted by Gasteiger charge is -2.26. The van der Waals surface area contributed by atoms with Gasteiger partial charge in [-0.25, -0.2) is 0 Å². The van der Waals surface area contributed by atoms with Crippen LogP contribution < -0.4 is 5.73 Å². The molecular formula is C17H21N3O. The summed E-state index contributed by atoms with van der Waals surface area (Å²) in [6, 6.07) is 13.3. The molecule has 0 spiro atoms. The molecular weight excluding hydrogens is 262 g/mol. The highest BCUT2D eigenvalue weighted by Crippen LogP contribution is 2.21. The molecule has 110 valence electrons. The first-order chi connectivity index (χ1) is 10.1. The largest absolute Gasteiger partial charge is 0.339 e. The predicted molar refractivity (Wildman–Crippen MR) is 83.4 cm³/mol. The zero-order valence-electron chi connectivity index (χ0n) is 12.4. The Labute approximate surface area is 125 Å². The number of pyridine rings is 1. The molecule has 21 heavy (non-hydrogen) atoms. The van der Waals surface area contributed by atoms with E-state index < -0.39 is 0 Å². The Kier molecular flexibility index (Phi) is 5.06. The summed E-state index contributed by atoms with van der Waals surface area (Å²) in [5.74, 6) is 0.0377. The topological polar surface area (TPSA) is 59.2 Å². The number of aromatic nitrogens is 1. The molecule has 1 aromatic heterocycles. The molecule has 0 radical (unpaired) electrons. The number of nitrogens with zero attached hydrogens (tertiary/aromatic N) is 2. The average Bonchev–Trinajstić information content (AvgIpc) is 2.55. The molecule has 1 amide bonds. The van der Waals surface area contributed by atoms with Gasteiger partial charge in [0.2, 0.25) is 5.91 Å². The minimum Gasteiger partial charge on any atom is -0.339 e. The lowest BCUT2D eigenvalue weighted by Crippen LogP contribution is -2.32. The minimum atomic E-state index is -0.272. The van der Waals surface area contributed by atoms with E-state index >= 15 is 0 Å². The van der Waals surface area contributed by atoms with Crippen LogP contribution in [0, 0.1) is 0 Å². The molecule has 0 saturated carbocycles. The molecule has 0 fully saturated rings. The summed E-state index contributed by atoms with van der Waals surface area (Å²) in [6.45, 7) is 2.00. The maximum Gasteiger partial charge on any atom is 0.224 e. The van der Waals surface area contributed by atoms with Gasteiger partial charge >= 0.3 is 0 Å².